The van der Waals surface area contributed by atoms with Gasteiger partial charge in [-0.1, -0.05) is 35.9 Å². The Bertz CT molecular complexity index is 1070. The van der Waals surface area contributed by atoms with Crippen LogP contribution in [0.25, 0.3) is 0 Å². The molecule has 0 saturated heterocycles. The highest BCUT2D eigenvalue weighted by Gasteiger charge is 2.34. The van der Waals surface area contributed by atoms with Gasteiger partial charge in [-0.15, -0.1) is 0 Å². The molecule has 0 amide bonds. The summed E-state index contributed by atoms with van der Waals surface area (Å²) >= 11 is 5.55. The summed E-state index contributed by atoms with van der Waals surface area (Å²) in [5.74, 6) is 0. The molecular weight excluding hydrogens is 415 g/mol. The van der Waals surface area contributed by atoms with Gasteiger partial charge >= 0.3 is 6.18 Å². The van der Waals surface area contributed by atoms with Gasteiger partial charge in [0, 0.05) is 18.9 Å². The Morgan fingerprint density at radius 1 is 1.07 bits per heavy atom. The van der Waals surface area contributed by atoms with Crippen LogP contribution >= 0.6 is 11.6 Å². The molecule has 0 bridgehead atoms. The second kappa shape index (κ2) is 7.94. The van der Waals surface area contributed by atoms with Crippen LogP contribution in [0.15, 0.2) is 65.8 Å². The molecule has 0 spiro atoms. The first kappa shape index (κ1) is 20.4. The lowest BCUT2D eigenvalue weighted by molar-refractivity contribution is -0.137. The SMILES string of the molecule is O=S(=O)(NCc1ccccc1Cn1cccn1)c1ccc(Cl)c(C(F)(F)F)c1. The average molecular weight is 430 g/mol. The normalized spacial score (nSPS) is 12.3. The summed E-state index contributed by atoms with van der Waals surface area (Å²) in [7, 11) is -4.17. The van der Waals surface area contributed by atoms with Gasteiger partial charge < -0.3 is 0 Å². The Morgan fingerprint density at radius 2 is 1.79 bits per heavy atom. The molecule has 0 unspecified atom stereocenters. The monoisotopic (exact) mass is 429 g/mol. The number of halogens is 4. The number of nitrogens with one attached hydrogen (secondary N) is 1. The van der Waals surface area contributed by atoms with E-state index in [0.29, 0.717) is 18.2 Å². The van der Waals surface area contributed by atoms with Crippen LogP contribution in [-0.4, -0.2) is 18.2 Å². The third-order valence-corrected chi connectivity index (χ3v) is 5.74. The van der Waals surface area contributed by atoms with Crippen molar-refractivity contribution in [1.29, 1.82) is 0 Å². The first-order chi connectivity index (χ1) is 13.2. The molecular formula is C18H15ClF3N3O2S. The van der Waals surface area contributed by atoms with Gasteiger partial charge in [-0.05, 0) is 35.4 Å². The standard InChI is InChI=1S/C18H15ClF3N3O2S/c19-17-7-6-15(10-16(17)18(20,21)22)28(26,27)24-11-13-4-1-2-5-14(13)12-25-9-3-8-23-25/h1-10,24H,11-12H2. The van der Waals surface area contributed by atoms with Crippen LogP contribution in [0.3, 0.4) is 0 Å². The van der Waals surface area contributed by atoms with Gasteiger partial charge in [0.15, 0.2) is 0 Å². The zero-order chi connectivity index (χ0) is 20.4. The molecule has 28 heavy (non-hydrogen) atoms. The van der Waals surface area contributed by atoms with Gasteiger partial charge in [0.1, 0.15) is 0 Å². The number of rotatable bonds is 6. The van der Waals surface area contributed by atoms with Crippen molar-refractivity contribution >= 4 is 21.6 Å². The van der Waals surface area contributed by atoms with E-state index in [1.807, 2.05) is 12.1 Å². The number of hydrogen-bond donors (Lipinski definition) is 1. The highest BCUT2D eigenvalue weighted by Crippen LogP contribution is 2.35. The summed E-state index contributed by atoms with van der Waals surface area (Å²) in [5.41, 5.74) is 0.323. The number of aromatic nitrogens is 2. The molecule has 0 atom stereocenters. The molecule has 0 fully saturated rings. The number of nitrogens with zero attached hydrogens (tertiary/aromatic N) is 2. The maximum absolute atomic E-state index is 13.0. The predicted molar refractivity (Wildman–Crippen MR) is 98.3 cm³/mol. The Hall–Kier alpha value is -2.36. The van der Waals surface area contributed by atoms with Crippen molar-refractivity contribution in [1.82, 2.24) is 14.5 Å². The maximum Gasteiger partial charge on any atom is 0.417 e. The third kappa shape index (κ3) is 4.73. The minimum absolute atomic E-state index is 0.0796. The largest absolute Gasteiger partial charge is 0.417 e. The zero-order valence-corrected chi connectivity index (χ0v) is 15.9. The minimum Gasteiger partial charge on any atom is -0.268 e. The van der Waals surface area contributed by atoms with Crippen molar-refractivity contribution in [3.05, 3.63) is 82.6 Å². The first-order valence-electron chi connectivity index (χ1n) is 8.07. The molecule has 0 aliphatic heterocycles. The van der Waals surface area contributed by atoms with E-state index in [2.05, 4.69) is 9.82 Å². The molecule has 0 radical (unpaired) electrons. The van der Waals surface area contributed by atoms with Gasteiger partial charge in [-0.2, -0.15) is 18.3 Å². The molecule has 3 rings (SSSR count). The van der Waals surface area contributed by atoms with Crippen LogP contribution in [0, 0.1) is 0 Å². The van der Waals surface area contributed by atoms with E-state index in [9.17, 15) is 21.6 Å². The fourth-order valence-corrected chi connectivity index (χ4v) is 3.85. The van der Waals surface area contributed by atoms with E-state index < -0.39 is 31.7 Å². The average Bonchev–Trinajstić information content (AvgIpc) is 3.13. The van der Waals surface area contributed by atoms with E-state index in [4.69, 9.17) is 11.6 Å². The summed E-state index contributed by atoms with van der Waals surface area (Å²) < 4.78 is 68.0. The van der Waals surface area contributed by atoms with Gasteiger partial charge in [0.05, 0.1) is 22.0 Å². The van der Waals surface area contributed by atoms with Crippen molar-refractivity contribution in [3.63, 3.8) is 0 Å². The number of alkyl halides is 3. The third-order valence-electron chi connectivity index (χ3n) is 4.02. The molecule has 0 aliphatic rings. The lowest BCUT2D eigenvalue weighted by atomic mass is 10.1. The van der Waals surface area contributed by atoms with Crippen molar-refractivity contribution in [2.75, 3.05) is 0 Å². The fourth-order valence-electron chi connectivity index (χ4n) is 2.60. The number of sulfonamides is 1. The van der Waals surface area contributed by atoms with Gasteiger partial charge in [0.25, 0.3) is 0 Å². The molecule has 5 nitrogen and oxygen atoms in total. The lowest BCUT2D eigenvalue weighted by Crippen LogP contribution is -2.24. The highest BCUT2D eigenvalue weighted by molar-refractivity contribution is 7.89. The number of benzene rings is 2. The summed E-state index contributed by atoms with van der Waals surface area (Å²) in [6.07, 6.45) is -1.35. The quantitative estimate of drug-likeness (QED) is 0.642. The lowest BCUT2D eigenvalue weighted by Gasteiger charge is -2.13. The van der Waals surface area contributed by atoms with Crippen LogP contribution in [0.4, 0.5) is 13.2 Å². The summed E-state index contributed by atoms with van der Waals surface area (Å²) in [5, 5.41) is 3.55. The molecule has 0 aliphatic carbocycles. The van der Waals surface area contributed by atoms with Crippen LogP contribution < -0.4 is 4.72 Å². The molecule has 1 heterocycles. The summed E-state index contributed by atoms with van der Waals surface area (Å²) in [6.45, 7) is 0.355. The molecule has 3 aromatic rings. The molecule has 10 heteroatoms. The topological polar surface area (TPSA) is 64.0 Å². The van der Waals surface area contributed by atoms with Crippen LogP contribution in [0.5, 0.6) is 0 Å². The van der Waals surface area contributed by atoms with E-state index in [-0.39, 0.29) is 6.54 Å². The second-order valence-corrected chi connectivity index (χ2v) is 8.11. The maximum atomic E-state index is 13.0. The van der Waals surface area contributed by atoms with Crippen LogP contribution in [0.1, 0.15) is 16.7 Å². The van der Waals surface area contributed by atoms with Gasteiger partial charge in [0.2, 0.25) is 10.0 Å². The van der Waals surface area contributed by atoms with E-state index in [1.54, 1.807) is 35.3 Å². The minimum atomic E-state index is -4.75. The van der Waals surface area contributed by atoms with Crippen molar-refractivity contribution in [2.24, 2.45) is 0 Å². The summed E-state index contributed by atoms with van der Waals surface area (Å²) in [6, 6.07) is 11.4. The van der Waals surface area contributed by atoms with E-state index >= 15 is 0 Å². The van der Waals surface area contributed by atoms with E-state index in [1.165, 1.54) is 0 Å². The van der Waals surface area contributed by atoms with Gasteiger partial charge in [-0.3, -0.25) is 4.68 Å². The second-order valence-electron chi connectivity index (χ2n) is 5.94. The Kier molecular flexibility index (Phi) is 5.78. The van der Waals surface area contributed by atoms with E-state index in [0.717, 1.165) is 17.7 Å². The number of hydrogen-bond acceptors (Lipinski definition) is 3. The Balaban J connectivity index is 1.81. The fraction of sp³-hybridized carbons (Fsp3) is 0.167. The van der Waals surface area contributed by atoms with Gasteiger partial charge in [-0.25, -0.2) is 13.1 Å². The Labute approximate surface area is 164 Å². The smallest absolute Gasteiger partial charge is 0.268 e. The predicted octanol–water partition coefficient (Wildman–Crippen LogP) is 4.08. The van der Waals surface area contributed by atoms with Crippen molar-refractivity contribution in [2.45, 2.75) is 24.2 Å². The van der Waals surface area contributed by atoms with Crippen LogP contribution in [-0.2, 0) is 29.3 Å². The van der Waals surface area contributed by atoms with Crippen molar-refractivity contribution < 1.29 is 21.6 Å². The highest BCUT2D eigenvalue weighted by atomic mass is 35.5. The summed E-state index contributed by atoms with van der Waals surface area (Å²) in [4.78, 5) is -0.506. The molecule has 2 aromatic carbocycles. The van der Waals surface area contributed by atoms with Crippen LogP contribution in [0.2, 0.25) is 5.02 Å². The Morgan fingerprint density at radius 3 is 2.43 bits per heavy atom. The molecule has 1 aromatic heterocycles. The van der Waals surface area contributed by atoms with Crippen molar-refractivity contribution in [3.8, 4) is 0 Å². The molecule has 1 N–H and O–H groups in total. The molecule has 148 valence electrons. The first-order valence-corrected chi connectivity index (χ1v) is 9.93. The zero-order valence-electron chi connectivity index (χ0n) is 14.3. The molecule has 0 saturated carbocycles.